The molecule has 3 rings (SSSR count). The van der Waals surface area contributed by atoms with Gasteiger partial charge >= 0.3 is 0 Å². The fourth-order valence-electron chi connectivity index (χ4n) is 2.49. The molecule has 2 aromatic rings. The van der Waals surface area contributed by atoms with Crippen LogP contribution in [0.4, 0.5) is 0 Å². The summed E-state index contributed by atoms with van der Waals surface area (Å²) in [4.78, 5) is 14.3. The van der Waals surface area contributed by atoms with Gasteiger partial charge in [0.05, 0.1) is 4.47 Å². The highest BCUT2D eigenvalue weighted by Crippen LogP contribution is 2.31. The zero-order valence-corrected chi connectivity index (χ0v) is 12.4. The van der Waals surface area contributed by atoms with E-state index in [0.717, 1.165) is 17.5 Å². The zero-order valence-electron chi connectivity index (χ0n) is 10.8. The Hall–Kier alpha value is -1.81. The molecule has 3 nitrogen and oxygen atoms in total. The largest absolute Gasteiger partial charge is 0.507 e. The van der Waals surface area contributed by atoms with Gasteiger partial charge in [0.25, 0.3) is 5.91 Å². The first-order valence-electron chi connectivity index (χ1n) is 6.50. The molecular weight excluding hydrogens is 318 g/mol. The normalized spacial score (nSPS) is 14.2. The highest BCUT2D eigenvalue weighted by Gasteiger charge is 2.25. The summed E-state index contributed by atoms with van der Waals surface area (Å²) < 4.78 is 0.639. The number of amides is 1. The Morgan fingerprint density at radius 1 is 1.20 bits per heavy atom. The topological polar surface area (TPSA) is 40.5 Å². The molecule has 0 aromatic heterocycles. The lowest BCUT2D eigenvalue weighted by molar-refractivity contribution is 0.0726. The number of benzene rings is 2. The first kappa shape index (κ1) is 13.2. The fraction of sp³-hybridized carbons (Fsp3) is 0.188. The molecule has 2 aromatic carbocycles. The van der Waals surface area contributed by atoms with Crippen LogP contribution in [0.2, 0.25) is 0 Å². The van der Waals surface area contributed by atoms with Crippen LogP contribution in [0.25, 0.3) is 0 Å². The van der Waals surface area contributed by atoms with Crippen molar-refractivity contribution in [1.82, 2.24) is 4.90 Å². The van der Waals surface area contributed by atoms with E-state index in [1.165, 1.54) is 0 Å². The second kappa shape index (κ2) is 5.29. The Labute approximate surface area is 126 Å². The molecule has 4 heteroatoms. The molecule has 0 unspecified atom stereocenters. The summed E-state index contributed by atoms with van der Waals surface area (Å²) >= 11 is 3.29. The number of aromatic hydroxyl groups is 1. The number of rotatable bonds is 2. The Morgan fingerprint density at radius 3 is 2.70 bits per heavy atom. The molecular formula is C16H14BrNO2. The fourth-order valence-corrected chi connectivity index (χ4v) is 2.88. The van der Waals surface area contributed by atoms with Gasteiger partial charge in [0.15, 0.2) is 0 Å². The molecule has 0 spiro atoms. The predicted molar refractivity (Wildman–Crippen MR) is 80.7 cm³/mol. The average molecular weight is 332 g/mol. The summed E-state index contributed by atoms with van der Waals surface area (Å²) in [6, 6.07) is 13.3. The van der Waals surface area contributed by atoms with Gasteiger partial charge in [0.2, 0.25) is 0 Å². The van der Waals surface area contributed by atoms with Gasteiger partial charge in [-0.3, -0.25) is 4.79 Å². The van der Waals surface area contributed by atoms with Gasteiger partial charge in [-0.15, -0.1) is 0 Å². The maximum Gasteiger partial charge on any atom is 0.254 e. The van der Waals surface area contributed by atoms with Crippen LogP contribution < -0.4 is 0 Å². The molecule has 1 N–H and O–H groups in total. The van der Waals surface area contributed by atoms with Crippen LogP contribution >= 0.6 is 15.9 Å². The molecule has 1 aliphatic heterocycles. The zero-order chi connectivity index (χ0) is 14.1. The molecule has 1 amide bonds. The van der Waals surface area contributed by atoms with E-state index in [1.54, 1.807) is 6.07 Å². The van der Waals surface area contributed by atoms with Crippen LogP contribution in [0.5, 0.6) is 5.75 Å². The SMILES string of the molecule is O=C1c2cc(O)c(Br)cc2CCN1Cc1ccccc1. The molecule has 0 radical (unpaired) electrons. The van der Waals surface area contributed by atoms with Gasteiger partial charge in [-0.25, -0.2) is 0 Å². The van der Waals surface area contributed by atoms with E-state index in [1.807, 2.05) is 41.3 Å². The summed E-state index contributed by atoms with van der Waals surface area (Å²) in [5, 5.41) is 9.75. The molecule has 20 heavy (non-hydrogen) atoms. The number of fused-ring (bicyclic) bond motifs is 1. The van der Waals surface area contributed by atoms with Gasteiger partial charge < -0.3 is 10.0 Å². The van der Waals surface area contributed by atoms with Crippen molar-refractivity contribution in [1.29, 1.82) is 0 Å². The maximum absolute atomic E-state index is 12.5. The highest BCUT2D eigenvalue weighted by molar-refractivity contribution is 9.10. The number of carbonyl (C=O) groups excluding carboxylic acids is 1. The summed E-state index contributed by atoms with van der Waals surface area (Å²) in [5.41, 5.74) is 2.71. The Morgan fingerprint density at radius 2 is 1.95 bits per heavy atom. The predicted octanol–water partition coefficient (Wildman–Crippen LogP) is 3.35. The number of phenols is 1. The standard InChI is InChI=1S/C16H14BrNO2/c17-14-8-12-6-7-18(10-11-4-2-1-3-5-11)16(20)13(12)9-15(14)19/h1-5,8-9,19H,6-7,10H2. The minimum atomic E-state index is -0.0158. The third-order valence-corrected chi connectivity index (χ3v) is 4.19. The Bertz CT molecular complexity index is 655. The van der Waals surface area contributed by atoms with Crippen molar-refractivity contribution >= 4 is 21.8 Å². The van der Waals surface area contributed by atoms with Crippen molar-refractivity contribution in [3.05, 3.63) is 63.6 Å². The van der Waals surface area contributed by atoms with Crippen molar-refractivity contribution in [3.8, 4) is 5.75 Å². The van der Waals surface area contributed by atoms with Crippen LogP contribution in [0.1, 0.15) is 21.5 Å². The average Bonchev–Trinajstić information content (AvgIpc) is 2.46. The van der Waals surface area contributed by atoms with E-state index in [4.69, 9.17) is 0 Å². The number of nitrogens with zero attached hydrogens (tertiary/aromatic N) is 1. The minimum absolute atomic E-state index is 0.0158. The monoisotopic (exact) mass is 331 g/mol. The second-order valence-corrected chi connectivity index (χ2v) is 5.78. The Balaban J connectivity index is 1.87. The lowest BCUT2D eigenvalue weighted by atomic mass is 9.98. The van der Waals surface area contributed by atoms with Crippen molar-refractivity contribution < 1.29 is 9.90 Å². The summed E-state index contributed by atoms with van der Waals surface area (Å²) in [6.07, 6.45) is 0.812. The molecule has 102 valence electrons. The van der Waals surface area contributed by atoms with Crippen LogP contribution in [-0.2, 0) is 13.0 Å². The van der Waals surface area contributed by atoms with Crippen LogP contribution in [-0.4, -0.2) is 22.5 Å². The van der Waals surface area contributed by atoms with E-state index in [2.05, 4.69) is 15.9 Å². The molecule has 1 heterocycles. The first-order valence-corrected chi connectivity index (χ1v) is 7.29. The number of hydrogen-bond donors (Lipinski definition) is 1. The molecule has 1 aliphatic rings. The molecule has 0 fully saturated rings. The highest BCUT2D eigenvalue weighted by atomic mass is 79.9. The van der Waals surface area contributed by atoms with Gasteiger partial charge in [-0.1, -0.05) is 30.3 Å². The van der Waals surface area contributed by atoms with Gasteiger partial charge in [-0.2, -0.15) is 0 Å². The minimum Gasteiger partial charge on any atom is -0.507 e. The van der Waals surface area contributed by atoms with Crippen molar-refractivity contribution in [2.45, 2.75) is 13.0 Å². The summed E-state index contributed by atoms with van der Waals surface area (Å²) in [6.45, 7) is 1.31. The molecule has 0 saturated heterocycles. The van der Waals surface area contributed by atoms with E-state index < -0.39 is 0 Å². The summed E-state index contributed by atoms with van der Waals surface area (Å²) in [7, 11) is 0. The number of phenolic OH excluding ortho intramolecular Hbond substituents is 1. The third-order valence-electron chi connectivity index (χ3n) is 3.56. The van der Waals surface area contributed by atoms with E-state index in [9.17, 15) is 9.90 Å². The quantitative estimate of drug-likeness (QED) is 0.916. The lowest BCUT2D eigenvalue weighted by Gasteiger charge is -2.29. The third kappa shape index (κ3) is 2.43. The Kier molecular flexibility index (Phi) is 3.49. The van der Waals surface area contributed by atoms with E-state index >= 15 is 0 Å². The summed E-state index contributed by atoms with van der Waals surface area (Å²) in [5.74, 6) is 0.0940. The smallest absolute Gasteiger partial charge is 0.254 e. The first-order chi connectivity index (χ1) is 9.65. The van der Waals surface area contributed by atoms with E-state index in [-0.39, 0.29) is 11.7 Å². The van der Waals surface area contributed by atoms with Gasteiger partial charge in [0.1, 0.15) is 5.75 Å². The molecule has 0 atom stereocenters. The van der Waals surface area contributed by atoms with E-state index in [0.29, 0.717) is 23.1 Å². The van der Waals surface area contributed by atoms with Crippen LogP contribution in [0, 0.1) is 0 Å². The molecule has 0 bridgehead atoms. The second-order valence-electron chi connectivity index (χ2n) is 4.92. The maximum atomic E-state index is 12.5. The van der Waals surface area contributed by atoms with Crippen molar-refractivity contribution in [2.75, 3.05) is 6.54 Å². The van der Waals surface area contributed by atoms with Gasteiger partial charge in [-0.05, 0) is 45.6 Å². The number of halogens is 1. The number of carbonyl (C=O) groups is 1. The lowest BCUT2D eigenvalue weighted by Crippen LogP contribution is -2.37. The van der Waals surface area contributed by atoms with Crippen molar-refractivity contribution in [2.24, 2.45) is 0 Å². The number of hydrogen-bond acceptors (Lipinski definition) is 2. The van der Waals surface area contributed by atoms with Crippen molar-refractivity contribution in [3.63, 3.8) is 0 Å². The molecule has 0 saturated carbocycles. The van der Waals surface area contributed by atoms with Gasteiger partial charge in [0, 0.05) is 18.7 Å². The van der Waals surface area contributed by atoms with Crippen LogP contribution in [0.3, 0.4) is 0 Å². The van der Waals surface area contributed by atoms with Crippen LogP contribution in [0.15, 0.2) is 46.9 Å². The molecule has 0 aliphatic carbocycles.